The molecule has 0 amide bonds. The minimum atomic E-state index is 0.560. The predicted molar refractivity (Wildman–Crippen MR) is 75.5 cm³/mol. The molecule has 0 heteroatoms. The van der Waals surface area contributed by atoms with Gasteiger partial charge in [-0.1, -0.05) is 68.4 Å². The quantitative estimate of drug-likeness (QED) is 0.499. The molecular formula is C17H16. The third-order valence-corrected chi connectivity index (χ3v) is 3.42. The van der Waals surface area contributed by atoms with Gasteiger partial charge in [-0.15, -0.1) is 0 Å². The fraction of sp³-hybridized carbons (Fsp3) is 0.176. The van der Waals surface area contributed by atoms with Crippen LogP contribution in [0, 0.1) is 0 Å². The summed E-state index contributed by atoms with van der Waals surface area (Å²) in [4.78, 5) is 0. The predicted octanol–water partition coefficient (Wildman–Crippen LogP) is 5.12. The third kappa shape index (κ3) is 1.61. The van der Waals surface area contributed by atoms with Crippen molar-refractivity contribution in [2.75, 3.05) is 0 Å². The molecule has 0 radical (unpaired) electrons. The van der Waals surface area contributed by atoms with E-state index in [2.05, 4.69) is 68.4 Å². The van der Waals surface area contributed by atoms with Crippen LogP contribution in [-0.2, 0) is 0 Å². The lowest BCUT2D eigenvalue weighted by Crippen LogP contribution is -1.90. The van der Waals surface area contributed by atoms with Crippen LogP contribution < -0.4 is 0 Å². The fourth-order valence-corrected chi connectivity index (χ4v) is 2.56. The van der Waals surface area contributed by atoms with Gasteiger partial charge in [0.2, 0.25) is 0 Å². The smallest absolute Gasteiger partial charge is 0.0103 e. The molecule has 84 valence electrons. The third-order valence-electron chi connectivity index (χ3n) is 3.42. The van der Waals surface area contributed by atoms with Crippen LogP contribution in [0.2, 0.25) is 0 Å². The standard InChI is InChI=1S/C17H16/c1-12(2)17-11-13-7-3-4-8-14(13)15-9-5-6-10-16(15)17/h3-12H,1-2H3. The molecule has 0 atom stereocenters. The molecule has 3 rings (SSSR count). The molecule has 0 bridgehead atoms. The molecule has 0 N–H and O–H groups in total. The van der Waals surface area contributed by atoms with E-state index in [1.165, 1.54) is 27.1 Å². The first-order chi connectivity index (χ1) is 8.27. The van der Waals surface area contributed by atoms with Crippen molar-refractivity contribution in [3.05, 3.63) is 60.2 Å². The van der Waals surface area contributed by atoms with Gasteiger partial charge in [-0.05, 0) is 33.0 Å². The van der Waals surface area contributed by atoms with Crippen LogP contribution in [0.4, 0.5) is 0 Å². The van der Waals surface area contributed by atoms with E-state index in [0.717, 1.165) is 0 Å². The first-order valence-corrected chi connectivity index (χ1v) is 6.18. The van der Waals surface area contributed by atoms with Crippen molar-refractivity contribution in [1.82, 2.24) is 0 Å². The summed E-state index contributed by atoms with van der Waals surface area (Å²) < 4.78 is 0. The molecule has 17 heavy (non-hydrogen) atoms. The number of benzene rings is 3. The SMILES string of the molecule is CC(C)c1cc2ccccc2c2ccccc12. The molecule has 0 unspecified atom stereocenters. The van der Waals surface area contributed by atoms with Gasteiger partial charge in [0, 0.05) is 0 Å². The summed E-state index contributed by atoms with van der Waals surface area (Å²) in [5.41, 5.74) is 1.44. The Kier molecular flexibility index (Phi) is 2.36. The molecule has 0 saturated heterocycles. The van der Waals surface area contributed by atoms with Crippen LogP contribution in [0.15, 0.2) is 54.6 Å². The van der Waals surface area contributed by atoms with E-state index in [1.54, 1.807) is 0 Å². The fourth-order valence-electron chi connectivity index (χ4n) is 2.56. The van der Waals surface area contributed by atoms with Crippen molar-refractivity contribution in [3.8, 4) is 0 Å². The van der Waals surface area contributed by atoms with E-state index >= 15 is 0 Å². The highest BCUT2D eigenvalue weighted by Crippen LogP contribution is 2.32. The van der Waals surface area contributed by atoms with E-state index in [1.807, 2.05) is 0 Å². The molecule has 0 aromatic heterocycles. The molecule has 0 nitrogen and oxygen atoms in total. The van der Waals surface area contributed by atoms with Gasteiger partial charge in [-0.2, -0.15) is 0 Å². The zero-order valence-electron chi connectivity index (χ0n) is 10.3. The van der Waals surface area contributed by atoms with Gasteiger partial charge < -0.3 is 0 Å². The Morgan fingerprint density at radius 2 is 1.29 bits per heavy atom. The Hall–Kier alpha value is -1.82. The van der Waals surface area contributed by atoms with Crippen LogP contribution in [0.1, 0.15) is 25.3 Å². The number of hydrogen-bond donors (Lipinski definition) is 0. The second-order valence-corrected chi connectivity index (χ2v) is 4.89. The highest BCUT2D eigenvalue weighted by atomic mass is 14.1. The zero-order valence-corrected chi connectivity index (χ0v) is 10.3. The van der Waals surface area contributed by atoms with Gasteiger partial charge in [-0.25, -0.2) is 0 Å². The molecule has 0 aliphatic heterocycles. The van der Waals surface area contributed by atoms with Crippen molar-refractivity contribution in [3.63, 3.8) is 0 Å². The molecule has 0 fully saturated rings. The summed E-state index contributed by atoms with van der Waals surface area (Å²) in [6.45, 7) is 4.52. The largest absolute Gasteiger partial charge is 0.0616 e. The van der Waals surface area contributed by atoms with Crippen LogP contribution in [-0.4, -0.2) is 0 Å². The monoisotopic (exact) mass is 220 g/mol. The van der Waals surface area contributed by atoms with Crippen LogP contribution >= 0.6 is 0 Å². The lowest BCUT2D eigenvalue weighted by Gasteiger charge is -2.13. The summed E-state index contributed by atoms with van der Waals surface area (Å²) in [6.07, 6.45) is 0. The van der Waals surface area contributed by atoms with Gasteiger partial charge in [0.15, 0.2) is 0 Å². The maximum Gasteiger partial charge on any atom is -0.0103 e. The molecule has 0 saturated carbocycles. The summed E-state index contributed by atoms with van der Waals surface area (Å²) >= 11 is 0. The molecule has 0 aliphatic carbocycles. The van der Waals surface area contributed by atoms with Crippen molar-refractivity contribution >= 4 is 21.5 Å². The summed E-state index contributed by atoms with van der Waals surface area (Å²) in [7, 11) is 0. The van der Waals surface area contributed by atoms with Crippen LogP contribution in [0.5, 0.6) is 0 Å². The van der Waals surface area contributed by atoms with Crippen molar-refractivity contribution in [2.45, 2.75) is 19.8 Å². The van der Waals surface area contributed by atoms with Crippen molar-refractivity contribution in [1.29, 1.82) is 0 Å². The van der Waals surface area contributed by atoms with Gasteiger partial charge in [0.05, 0.1) is 0 Å². The van der Waals surface area contributed by atoms with Gasteiger partial charge in [0.1, 0.15) is 0 Å². The van der Waals surface area contributed by atoms with E-state index in [-0.39, 0.29) is 0 Å². The van der Waals surface area contributed by atoms with Gasteiger partial charge in [0.25, 0.3) is 0 Å². The van der Waals surface area contributed by atoms with E-state index in [0.29, 0.717) is 5.92 Å². The average molecular weight is 220 g/mol. The summed E-state index contributed by atoms with van der Waals surface area (Å²) in [5, 5.41) is 5.46. The maximum absolute atomic E-state index is 2.34. The molecule has 0 heterocycles. The Balaban J connectivity index is 2.55. The highest BCUT2D eigenvalue weighted by Gasteiger charge is 2.08. The normalized spacial score (nSPS) is 11.5. The van der Waals surface area contributed by atoms with Crippen LogP contribution in [0.3, 0.4) is 0 Å². The average Bonchev–Trinajstić information content (AvgIpc) is 2.37. The Labute approximate surface area is 102 Å². The Bertz CT molecular complexity index is 678. The second-order valence-electron chi connectivity index (χ2n) is 4.89. The Morgan fingerprint density at radius 3 is 2.00 bits per heavy atom. The highest BCUT2D eigenvalue weighted by molar-refractivity contribution is 6.09. The molecule has 0 aliphatic rings. The molecule has 3 aromatic rings. The van der Waals surface area contributed by atoms with Crippen LogP contribution in [0.25, 0.3) is 21.5 Å². The lowest BCUT2D eigenvalue weighted by molar-refractivity contribution is 0.878. The number of hydrogen-bond acceptors (Lipinski definition) is 0. The van der Waals surface area contributed by atoms with E-state index in [4.69, 9.17) is 0 Å². The van der Waals surface area contributed by atoms with Crippen molar-refractivity contribution < 1.29 is 0 Å². The summed E-state index contributed by atoms with van der Waals surface area (Å²) in [5.74, 6) is 0.560. The van der Waals surface area contributed by atoms with Gasteiger partial charge in [-0.3, -0.25) is 0 Å². The van der Waals surface area contributed by atoms with E-state index < -0.39 is 0 Å². The van der Waals surface area contributed by atoms with Crippen molar-refractivity contribution in [2.24, 2.45) is 0 Å². The summed E-state index contributed by atoms with van der Waals surface area (Å²) in [6, 6.07) is 19.7. The first-order valence-electron chi connectivity index (χ1n) is 6.18. The topological polar surface area (TPSA) is 0 Å². The first kappa shape index (κ1) is 10.3. The molecule has 0 spiro atoms. The minimum absolute atomic E-state index is 0.560. The number of rotatable bonds is 1. The minimum Gasteiger partial charge on any atom is -0.0616 e. The second kappa shape index (κ2) is 3.89. The lowest BCUT2D eigenvalue weighted by atomic mass is 9.92. The van der Waals surface area contributed by atoms with Gasteiger partial charge >= 0.3 is 0 Å². The Morgan fingerprint density at radius 1 is 0.706 bits per heavy atom. The number of fused-ring (bicyclic) bond motifs is 3. The maximum atomic E-state index is 2.34. The zero-order chi connectivity index (χ0) is 11.8. The molecular weight excluding hydrogens is 204 g/mol. The molecule has 3 aromatic carbocycles. The van der Waals surface area contributed by atoms with E-state index in [9.17, 15) is 0 Å².